The van der Waals surface area contributed by atoms with Crippen LogP contribution in [0.5, 0.6) is 0 Å². The van der Waals surface area contributed by atoms with E-state index in [1.54, 1.807) is 0 Å². The molecule has 106 valence electrons. The van der Waals surface area contributed by atoms with Gasteiger partial charge in [0.2, 0.25) is 0 Å². The smallest absolute Gasteiger partial charge is 0.113 e. The van der Waals surface area contributed by atoms with Gasteiger partial charge in [0.15, 0.2) is 0 Å². The van der Waals surface area contributed by atoms with Crippen LogP contribution in [0.4, 0.5) is 0 Å². The summed E-state index contributed by atoms with van der Waals surface area (Å²) >= 11 is 7.33. The number of aliphatic hydroxyl groups is 1. The first-order valence-electron chi connectivity index (χ1n) is 6.78. The van der Waals surface area contributed by atoms with Crippen LogP contribution in [-0.4, -0.2) is 5.11 Å². The maximum atomic E-state index is 10.3. The zero-order valence-electron chi connectivity index (χ0n) is 11.4. The van der Waals surface area contributed by atoms with Crippen molar-refractivity contribution in [2.45, 2.75) is 12.5 Å². The van der Waals surface area contributed by atoms with Crippen LogP contribution in [0, 0.1) is 0 Å². The molecule has 0 saturated carbocycles. The number of benzene rings is 2. The Hall–Kier alpha value is -1.61. The first kappa shape index (κ1) is 14.3. The van der Waals surface area contributed by atoms with E-state index >= 15 is 0 Å². The largest absolute Gasteiger partial charge is 0.383 e. The van der Waals surface area contributed by atoms with Gasteiger partial charge < -0.3 is 5.11 Å². The Bertz CT molecular complexity index is 704. The Balaban J connectivity index is 1.75. The molecular formula is C18H15ClOS. The fourth-order valence-corrected chi connectivity index (χ4v) is 3.36. The van der Waals surface area contributed by atoms with Gasteiger partial charge in [0.25, 0.3) is 0 Å². The molecule has 1 N–H and O–H groups in total. The van der Waals surface area contributed by atoms with Gasteiger partial charge in [0.05, 0.1) is 4.34 Å². The van der Waals surface area contributed by atoms with Gasteiger partial charge in [-0.3, -0.25) is 0 Å². The van der Waals surface area contributed by atoms with Crippen molar-refractivity contribution in [1.29, 1.82) is 0 Å². The number of hydrogen-bond acceptors (Lipinski definition) is 2. The average Bonchev–Trinajstić information content (AvgIpc) is 2.95. The van der Waals surface area contributed by atoms with Crippen LogP contribution in [0.2, 0.25) is 4.34 Å². The third-order valence-electron chi connectivity index (χ3n) is 3.41. The maximum absolute atomic E-state index is 10.3. The first-order valence-corrected chi connectivity index (χ1v) is 7.98. The molecule has 0 saturated heterocycles. The Labute approximate surface area is 133 Å². The summed E-state index contributed by atoms with van der Waals surface area (Å²) < 4.78 is 0.699. The molecule has 0 aliphatic heterocycles. The van der Waals surface area contributed by atoms with Crippen LogP contribution in [0.1, 0.15) is 27.7 Å². The van der Waals surface area contributed by atoms with Crippen LogP contribution < -0.4 is 0 Å². The highest BCUT2D eigenvalue weighted by Gasteiger charge is 2.12. The van der Waals surface area contributed by atoms with Crippen LogP contribution in [-0.2, 0) is 6.42 Å². The minimum Gasteiger partial charge on any atom is -0.383 e. The highest BCUT2D eigenvalue weighted by atomic mass is 35.5. The van der Waals surface area contributed by atoms with E-state index in [4.69, 9.17) is 11.6 Å². The predicted octanol–water partition coefficient (Wildman–Crippen LogP) is 5.07. The summed E-state index contributed by atoms with van der Waals surface area (Å²) in [6.45, 7) is 0. The van der Waals surface area contributed by atoms with Gasteiger partial charge in [0, 0.05) is 4.88 Å². The summed E-state index contributed by atoms with van der Waals surface area (Å²) in [4.78, 5) is 0.871. The zero-order valence-corrected chi connectivity index (χ0v) is 12.9. The number of halogens is 1. The summed E-state index contributed by atoms with van der Waals surface area (Å²) in [5, 5.41) is 10.3. The first-order chi connectivity index (χ1) is 10.2. The SMILES string of the molecule is OC(c1ccc(Cc2ccccc2)cc1)c1ccc(Cl)s1. The van der Waals surface area contributed by atoms with Gasteiger partial charge in [-0.15, -0.1) is 11.3 Å². The van der Waals surface area contributed by atoms with Crippen molar-refractivity contribution in [1.82, 2.24) is 0 Å². The average molecular weight is 315 g/mol. The van der Waals surface area contributed by atoms with E-state index in [9.17, 15) is 5.11 Å². The van der Waals surface area contributed by atoms with Crippen LogP contribution >= 0.6 is 22.9 Å². The normalized spacial score (nSPS) is 12.3. The van der Waals surface area contributed by atoms with Crippen molar-refractivity contribution in [2.75, 3.05) is 0 Å². The zero-order chi connectivity index (χ0) is 14.7. The molecule has 0 aliphatic rings. The van der Waals surface area contributed by atoms with Gasteiger partial charge in [-0.05, 0) is 35.2 Å². The van der Waals surface area contributed by atoms with Crippen LogP contribution in [0.15, 0.2) is 66.7 Å². The molecule has 0 spiro atoms. The molecular weight excluding hydrogens is 300 g/mol. The summed E-state index contributed by atoms with van der Waals surface area (Å²) in [7, 11) is 0. The lowest BCUT2D eigenvalue weighted by atomic mass is 10.0. The highest BCUT2D eigenvalue weighted by Crippen LogP contribution is 2.31. The monoisotopic (exact) mass is 314 g/mol. The Kier molecular flexibility index (Phi) is 4.39. The molecule has 21 heavy (non-hydrogen) atoms. The summed E-state index contributed by atoms with van der Waals surface area (Å²) in [5.41, 5.74) is 3.42. The molecule has 0 aliphatic carbocycles. The minimum atomic E-state index is -0.603. The fraction of sp³-hybridized carbons (Fsp3) is 0.111. The van der Waals surface area contributed by atoms with Crippen LogP contribution in [0.3, 0.4) is 0 Å². The second-order valence-electron chi connectivity index (χ2n) is 4.95. The molecule has 1 nitrogen and oxygen atoms in total. The predicted molar refractivity (Wildman–Crippen MR) is 89.1 cm³/mol. The summed E-state index contributed by atoms with van der Waals surface area (Å²) in [6, 6.07) is 22.2. The van der Waals surface area contributed by atoms with Gasteiger partial charge in [-0.1, -0.05) is 66.2 Å². The van der Waals surface area contributed by atoms with Gasteiger partial charge in [-0.25, -0.2) is 0 Å². The van der Waals surface area contributed by atoms with E-state index in [0.717, 1.165) is 16.9 Å². The second-order valence-corrected chi connectivity index (χ2v) is 6.70. The molecule has 1 unspecified atom stereocenters. The van der Waals surface area contributed by atoms with Crippen molar-refractivity contribution in [2.24, 2.45) is 0 Å². The lowest BCUT2D eigenvalue weighted by Gasteiger charge is -2.10. The van der Waals surface area contributed by atoms with Crippen molar-refractivity contribution >= 4 is 22.9 Å². The summed E-state index contributed by atoms with van der Waals surface area (Å²) in [6.07, 6.45) is 0.301. The fourth-order valence-electron chi connectivity index (χ4n) is 2.29. The van der Waals surface area contributed by atoms with E-state index in [2.05, 4.69) is 24.3 Å². The molecule has 0 fully saturated rings. The summed E-state index contributed by atoms with van der Waals surface area (Å²) in [5.74, 6) is 0. The van der Waals surface area contributed by atoms with Crippen LogP contribution in [0.25, 0.3) is 0 Å². The number of rotatable bonds is 4. The lowest BCUT2D eigenvalue weighted by Crippen LogP contribution is -1.97. The van der Waals surface area contributed by atoms with Crippen molar-refractivity contribution in [3.8, 4) is 0 Å². The topological polar surface area (TPSA) is 20.2 Å². The third-order valence-corrected chi connectivity index (χ3v) is 4.69. The van der Waals surface area contributed by atoms with Crippen molar-refractivity contribution in [3.05, 3.63) is 92.6 Å². The number of aliphatic hydroxyl groups excluding tert-OH is 1. The molecule has 1 heterocycles. The second kappa shape index (κ2) is 6.44. The van der Waals surface area contributed by atoms with E-state index < -0.39 is 6.10 Å². The number of hydrogen-bond donors (Lipinski definition) is 1. The lowest BCUT2D eigenvalue weighted by molar-refractivity contribution is 0.224. The third kappa shape index (κ3) is 3.53. The molecule has 1 aromatic heterocycles. The Morgan fingerprint density at radius 3 is 2.14 bits per heavy atom. The van der Waals surface area contributed by atoms with E-state index in [-0.39, 0.29) is 0 Å². The molecule has 3 rings (SSSR count). The van der Waals surface area contributed by atoms with E-state index in [1.807, 2.05) is 42.5 Å². The van der Waals surface area contributed by atoms with Gasteiger partial charge >= 0.3 is 0 Å². The van der Waals surface area contributed by atoms with E-state index in [1.165, 1.54) is 22.5 Å². The quantitative estimate of drug-likeness (QED) is 0.712. The maximum Gasteiger partial charge on any atom is 0.113 e. The minimum absolute atomic E-state index is 0.603. The molecule has 3 aromatic rings. The standard InChI is InChI=1S/C18H15ClOS/c19-17-11-10-16(21-17)18(20)15-8-6-14(7-9-15)12-13-4-2-1-3-5-13/h1-11,18,20H,12H2. The van der Waals surface area contributed by atoms with E-state index in [0.29, 0.717) is 4.34 Å². The molecule has 2 aromatic carbocycles. The van der Waals surface area contributed by atoms with Gasteiger partial charge in [-0.2, -0.15) is 0 Å². The molecule has 0 bridgehead atoms. The van der Waals surface area contributed by atoms with Crippen molar-refractivity contribution in [3.63, 3.8) is 0 Å². The molecule has 3 heteroatoms. The molecule has 0 radical (unpaired) electrons. The van der Waals surface area contributed by atoms with Gasteiger partial charge in [0.1, 0.15) is 6.10 Å². The Morgan fingerprint density at radius 2 is 1.52 bits per heavy atom. The molecule has 1 atom stereocenters. The Morgan fingerprint density at radius 1 is 0.857 bits per heavy atom. The van der Waals surface area contributed by atoms with Crippen molar-refractivity contribution < 1.29 is 5.11 Å². The molecule has 0 amide bonds. The number of thiophene rings is 1. The highest BCUT2D eigenvalue weighted by molar-refractivity contribution is 7.16.